The summed E-state index contributed by atoms with van der Waals surface area (Å²) in [7, 11) is 3.67. The molecule has 0 bridgehead atoms. The van der Waals surface area contributed by atoms with Gasteiger partial charge >= 0.3 is 0 Å². The smallest absolute Gasteiger partial charge is 0.244 e. The van der Waals surface area contributed by atoms with Crippen molar-refractivity contribution in [2.24, 2.45) is 7.05 Å². The second-order valence-electron chi connectivity index (χ2n) is 5.75. The predicted molar refractivity (Wildman–Crippen MR) is 90.7 cm³/mol. The average Bonchev–Trinajstić information content (AvgIpc) is 3.17. The Hall–Kier alpha value is -1.93. The van der Waals surface area contributed by atoms with Gasteiger partial charge in [-0.2, -0.15) is 5.10 Å². The summed E-state index contributed by atoms with van der Waals surface area (Å²) in [6, 6.07) is -0.336. The van der Waals surface area contributed by atoms with E-state index in [1.807, 2.05) is 32.1 Å². The molecule has 1 aliphatic heterocycles. The van der Waals surface area contributed by atoms with Gasteiger partial charge in [0.05, 0.1) is 11.9 Å². The van der Waals surface area contributed by atoms with E-state index in [-0.39, 0.29) is 11.9 Å². The summed E-state index contributed by atoms with van der Waals surface area (Å²) in [5, 5.41) is 10.4. The highest BCUT2D eigenvalue weighted by Crippen LogP contribution is 2.22. The zero-order valence-corrected chi connectivity index (χ0v) is 14.5. The molecule has 0 saturated carbocycles. The van der Waals surface area contributed by atoms with Crippen molar-refractivity contribution in [2.45, 2.75) is 13.0 Å². The zero-order chi connectivity index (χ0) is 16.4. The van der Waals surface area contributed by atoms with Crippen LogP contribution in [0.5, 0.6) is 0 Å². The van der Waals surface area contributed by atoms with E-state index in [9.17, 15) is 4.79 Å². The van der Waals surface area contributed by atoms with Crippen LogP contribution in [-0.4, -0.2) is 58.8 Å². The molecule has 0 spiro atoms. The monoisotopic (exact) mass is 334 g/mol. The number of anilines is 1. The van der Waals surface area contributed by atoms with E-state index < -0.39 is 0 Å². The third-order valence-corrected chi connectivity index (χ3v) is 5.08. The molecule has 1 unspecified atom stereocenters. The maximum atomic E-state index is 12.8. The van der Waals surface area contributed by atoms with Crippen LogP contribution in [0.1, 0.15) is 17.3 Å². The van der Waals surface area contributed by atoms with Crippen LogP contribution in [0.3, 0.4) is 0 Å². The average molecular weight is 334 g/mol. The van der Waals surface area contributed by atoms with Crippen LogP contribution < -0.4 is 10.2 Å². The summed E-state index contributed by atoms with van der Waals surface area (Å²) in [4.78, 5) is 21.5. The highest BCUT2D eigenvalue weighted by molar-refractivity contribution is 7.13. The lowest BCUT2D eigenvalue weighted by molar-refractivity contribution is -0.133. The molecule has 1 amide bonds. The van der Waals surface area contributed by atoms with Gasteiger partial charge in [0.15, 0.2) is 5.13 Å². The van der Waals surface area contributed by atoms with Crippen LogP contribution in [0.4, 0.5) is 5.13 Å². The number of carbonyl (C=O) groups excluding carboxylic acids is 1. The number of rotatable bonds is 4. The lowest BCUT2D eigenvalue weighted by Crippen LogP contribution is -2.51. The lowest BCUT2D eigenvalue weighted by atomic mass is 10.1. The maximum absolute atomic E-state index is 12.8. The van der Waals surface area contributed by atoms with Crippen molar-refractivity contribution in [2.75, 3.05) is 38.1 Å². The van der Waals surface area contributed by atoms with Gasteiger partial charge in [-0.3, -0.25) is 9.48 Å². The molecule has 23 heavy (non-hydrogen) atoms. The lowest BCUT2D eigenvalue weighted by Gasteiger charge is -2.36. The number of hydrogen-bond donors (Lipinski definition) is 1. The number of aromatic nitrogens is 3. The van der Waals surface area contributed by atoms with Gasteiger partial charge in [0.25, 0.3) is 0 Å². The summed E-state index contributed by atoms with van der Waals surface area (Å²) >= 11 is 1.66. The van der Waals surface area contributed by atoms with Crippen molar-refractivity contribution >= 4 is 22.4 Å². The highest BCUT2D eigenvalue weighted by Gasteiger charge is 2.29. The number of likely N-dealkylation sites (N-methyl/N-ethyl adjacent to an activating group) is 1. The van der Waals surface area contributed by atoms with Crippen LogP contribution in [0.25, 0.3) is 0 Å². The second kappa shape index (κ2) is 6.67. The number of hydrogen-bond acceptors (Lipinski definition) is 6. The molecule has 8 heteroatoms. The molecule has 0 aliphatic carbocycles. The fourth-order valence-corrected chi connectivity index (χ4v) is 3.67. The maximum Gasteiger partial charge on any atom is 0.244 e. The topological polar surface area (TPSA) is 66.3 Å². The molecule has 1 atom stereocenters. The van der Waals surface area contributed by atoms with Crippen LogP contribution >= 0.6 is 11.3 Å². The van der Waals surface area contributed by atoms with Crippen molar-refractivity contribution in [1.29, 1.82) is 0 Å². The number of piperazine rings is 1. The van der Waals surface area contributed by atoms with Crippen LogP contribution in [0.2, 0.25) is 0 Å². The van der Waals surface area contributed by atoms with Crippen molar-refractivity contribution in [3.63, 3.8) is 0 Å². The van der Waals surface area contributed by atoms with E-state index in [0.29, 0.717) is 0 Å². The normalized spacial score (nSPS) is 16.7. The third kappa shape index (κ3) is 3.37. The van der Waals surface area contributed by atoms with Crippen molar-refractivity contribution in [3.8, 4) is 0 Å². The SMILES string of the molecule is CNC(C(=O)N1CCN(c2nc(C)cs2)CC1)c1cnn(C)c1. The molecule has 7 nitrogen and oxygen atoms in total. The Morgan fingerprint density at radius 1 is 1.35 bits per heavy atom. The number of carbonyl (C=O) groups is 1. The van der Waals surface area contributed by atoms with Crippen molar-refractivity contribution in [3.05, 3.63) is 29.0 Å². The molecule has 3 rings (SSSR count). The Morgan fingerprint density at radius 2 is 2.09 bits per heavy atom. The Balaban J connectivity index is 1.63. The molecule has 1 saturated heterocycles. The van der Waals surface area contributed by atoms with Crippen LogP contribution in [-0.2, 0) is 11.8 Å². The van der Waals surface area contributed by atoms with Gasteiger partial charge < -0.3 is 15.1 Å². The number of aryl methyl sites for hydroxylation is 2. The Bertz CT molecular complexity index is 673. The molecule has 124 valence electrons. The molecular weight excluding hydrogens is 312 g/mol. The molecule has 1 fully saturated rings. The first-order valence-corrected chi connectivity index (χ1v) is 8.58. The van der Waals surface area contributed by atoms with E-state index in [0.717, 1.165) is 42.6 Å². The predicted octanol–water partition coefficient (Wildman–Crippen LogP) is 0.794. The number of thiazole rings is 1. The van der Waals surface area contributed by atoms with Crippen LogP contribution in [0, 0.1) is 6.92 Å². The number of nitrogens with zero attached hydrogens (tertiary/aromatic N) is 5. The first kappa shape index (κ1) is 15.9. The van der Waals surface area contributed by atoms with Crippen molar-refractivity contribution < 1.29 is 4.79 Å². The summed E-state index contributed by atoms with van der Waals surface area (Å²) in [5.41, 5.74) is 1.95. The zero-order valence-electron chi connectivity index (χ0n) is 13.7. The van der Waals surface area contributed by atoms with E-state index in [4.69, 9.17) is 0 Å². The molecule has 0 aromatic carbocycles. The Kier molecular flexibility index (Phi) is 4.63. The van der Waals surface area contributed by atoms with Gasteiger partial charge in [-0.1, -0.05) is 0 Å². The van der Waals surface area contributed by atoms with Gasteiger partial charge in [-0.05, 0) is 14.0 Å². The quantitative estimate of drug-likeness (QED) is 0.896. The van der Waals surface area contributed by atoms with Gasteiger partial charge in [0.1, 0.15) is 6.04 Å². The third-order valence-electron chi connectivity index (χ3n) is 4.06. The minimum atomic E-state index is -0.336. The fourth-order valence-electron chi connectivity index (χ4n) is 2.81. The molecule has 3 heterocycles. The largest absolute Gasteiger partial charge is 0.345 e. The van der Waals surface area contributed by atoms with Gasteiger partial charge in [-0.15, -0.1) is 11.3 Å². The molecular formula is C15H22N6OS. The van der Waals surface area contributed by atoms with E-state index in [1.165, 1.54) is 0 Å². The minimum Gasteiger partial charge on any atom is -0.345 e. The highest BCUT2D eigenvalue weighted by atomic mass is 32.1. The number of amides is 1. The molecule has 0 radical (unpaired) electrons. The second-order valence-corrected chi connectivity index (χ2v) is 6.59. The van der Waals surface area contributed by atoms with E-state index >= 15 is 0 Å². The number of nitrogens with one attached hydrogen (secondary N) is 1. The summed E-state index contributed by atoms with van der Waals surface area (Å²) in [6.07, 6.45) is 3.63. The summed E-state index contributed by atoms with van der Waals surface area (Å²) in [6.45, 7) is 5.08. The van der Waals surface area contributed by atoms with Crippen LogP contribution in [0.15, 0.2) is 17.8 Å². The summed E-state index contributed by atoms with van der Waals surface area (Å²) < 4.78 is 1.72. The Labute approximate surface area is 139 Å². The van der Waals surface area contributed by atoms with Gasteiger partial charge in [-0.25, -0.2) is 4.98 Å². The molecule has 2 aromatic rings. The first-order chi connectivity index (χ1) is 11.1. The summed E-state index contributed by atoms with van der Waals surface area (Å²) in [5.74, 6) is 0.107. The van der Waals surface area contributed by atoms with Gasteiger partial charge in [0, 0.05) is 50.4 Å². The minimum absolute atomic E-state index is 0.107. The van der Waals surface area contributed by atoms with E-state index in [2.05, 4.69) is 25.7 Å². The first-order valence-electron chi connectivity index (χ1n) is 7.70. The molecule has 2 aromatic heterocycles. The fraction of sp³-hybridized carbons (Fsp3) is 0.533. The molecule has 1 aliphatic rings. The Morgan fingerprint density at radius 3 is 2.61 bits per heavy atom. The van der Waals surface area contributed by atoms with Gasteiger partial charge in [0.2, 0.25) is 5.91 Å². The van der Waals surface area contributed by atoms with E-state index in [1.54, 1.807) is 22.2 Å². The van der Waals surface area contributed by atoms with Crippen molar-refractivity contribution in [1.82, 2.24) is 25.0 Å². The standard InChI is InChI=1S/C15H22N6OS/c1-11-10-23-15(18-11)21-6-4-20(5-7-21)14(22)13(16-2)12-8-17-19(3)9-12/h8-10,13,16H,4-7H2,1-3H3. The molecule has 1 N–H and O–H groups in total.